The van der Waals surface area contributed by atoms with Crippen molar-refractivity contribution in [3.8, 4) is 0 Å². The number of carbonyl (C=O) groups is 3. The highest BCUT2D eigenvalue weighted by Gasteiger charge is 2.31. The molecule has 2 aliphatic rings. The minimum atomic E-state index is -0.441. The summed E-state index contributed by atoms with van der Waals surface area (Å²) in [6.07, 6.45) is 0. The molecule has 1 aromatic rings. The summed E-state index contributed by atoms with van der Waals surface area (Å²) in [4.78, 5) is 38.5. The number of rotatable bonds is 2. The number of carbonyl (C=O) groups excluding carboxylic acids is 3. The van der Waals surface area contributed by atoms with E-state index in [9.17, 15) is 14.4 Å². The predicted octanol–water partition coefficient (Wildman–Crippen LogP) is 0.994. The van der Waals surface area contributed by atoms with Crippen LogP contribution in [0.15, 0.2) is 24.3 Å². The standard InChI is InChI=1S/C16H19N3O4/c1-16(2)10-18(7-8-23-16)14(21)11-3-5-12(6-4-11)19-9-13(20)17-15(19)22/h3-6H,7-10H2,1-2H3,(H,17,20,22). The largest absolute Gasteiger partial charge is 0.372 e. The third-order valence-electron chi connectivity index (χ3n) is 3.93. The number of hydrogen-bond donors (Lipinski definition) is 1. The summed E-state index contributed by atoms with van der Waals surface area (Å²) >= 11 is 0. The number of nitrogens with one attached hydrogen (secondary N) is 1. The number of morpholine rings is 1. The molecule has 23 heavy (non-hydrogen) atoms. The molecule has 0 saturated carbocycles. The summed E-state index contributed by atoms with van der Waals surface area (Å²) in [6.45, 7) is 5.54. The van der Waals surface area contributed by atoms with Gasteiger partial charge in [-0.2, -0.15) is 0 Å². The van der Waals surface area contributed by atoms with E-state index < -0.39 is 6.03 Å². The van der Waals surface area contributed by atoms with E-state index in [2.05, 4.69) is 5.32 Å². The number of hydrogen-bond acceptors (Lipinski definition) is 4. The molecule has 2 heterocycles. The van der Waals surface area contributed by atoms with Gasteiger partial charge in [0, 0.05) is 24.3 Å². The summed E-state index contributed by atoms with van der Waals surface area (Å²) in [5.41, 5.74) is 0.798. The van der Waals surface area contributed by atoms with E-state index in [0.717, 1.165) is 0 Å². The zero-order valence-electron chi connectivity index (χ0n) is 13.2. The van der Waals surface area contributed by atoms with Crippen LogP contribution < -0.4 is 10.2 Å². The Bertz CT molecular complexity index is 654. The highest BCUT2D eigenvalue weighted by molar-refractivity contribution is 6.12. The van der Waals surface area contributed by atoms with Crippen molar-refractivity contribution >= 4 is 23.5 Å². The average Bonchev–Trinajstić information content (AvgIpc) is 2.84. The zero-order chi connectivity index (χ0) is 16.6. The lowest BCUT2D eigenvalue weighted by molar-refractivity contribution is -0.117. The lowest BCUT2D eigenvalue weighted by Gasteiger charge is -2.38. The maximum Gasteiger partial charge on any atom is 0.329 e. The lowest BCUT2D eigenvalue weighted by Crippen LogP contribution is -2.50. The van der Waals surface area contributed by atoms with Gasteiger partial charge in [0.2, 0.25) is 5.91 Å². The van der Waals surface area contributed by atoms with Crippen molar-refractivity contribution in [2.45, 2.75) is 19.4 Å². The van der Waals surface area contributed by atoms with Crippen LogP contribution in [0.4, 0.5) is 10.5 Å². The third-order valence-corrected chi connectivity index (χ3v) is 3.93. The molecular formula is C16H19N3O4. The van der Waals surface area contributed by atoms with Gasteiger partial charge in [0.15, 0.2) is 0 Å². The molecular weight excluding hydrogens is 298 g/mol. The van der Waals surface area contributed by atoms with Gasteiger partial charge in [-0.1, -0.05) is 0 Å². The van der Waals surface area contributed by atoms with Gasteiger partial charge in [0.1, 0.15) is 6.54 Å². The molecule has 0 aliphatic carbocycles. The van der Waals surface area contributed by atoms with E-state index >= 15 is 0 Å². The van der Waals surface area contributed by atoms with Crippen LogP contribution in [0.1, 0.15) is 24.2 Å². The molecule has 122 valence electrons. The number of nitrogens with zero attached hydrogens (tertiary/aromatic N) is 2. The molecule has 3 rings (SSSR count). The van der Waals surface area contributed by atoms with Crippen molar-refractivity contribution in [2.75, 3.05) is 31.1 Å². The molecule has 0 aromatic heterocycles. The molecule has 7 nitrogen and oxygen atoms in total. The van der Waals surface area contributed by atoms with Crippen LogP contribution >= 0.6 is 0 Å². The molecule has 1 N–H and O–H groups in total. The summed E-state index contributed by atoms with van der Waals surface area (Å²) in [7, 11) is 0. The van der Waals surface area contributed by atoms with Gasteiger partial charge in [-0.05, 0) is 38.1 Å². The summed E-state index contributed by atoms with van der Waals surface area (Å²) < 4.78 is 5.61. The second-order valence-corrected chi connectivity index (χ2v) is 6.32. The molecule has 1 aromatic carbocycles. The fraction of sp³-hybridized carbons (Fsp3) is 0.438. The highest BCUT2D eigenvalue weighted by atomic mass is 16.5. The summed E-state index contributed by atoms with van der Waals surface area (Å²) in [5.74, 6) is -0.388. The molecule has 0 bridgehead atoms. The van der Waals surface area contributed by atoms with E-state index in [1.807, 2.05) is 13.8 Å². The number of amides is 4. The molecule has 2 saturated heterocycles. The first-order chi connectivity index (χ1) is 10.9. The van der Waals surface area contributed by atoms with E-state index in [1.165, 1.54) is 4.90 Å². The van der Waals surface area contributed by atoms with Crippen LogP contribution in [0.25, 0.3) is 0 Å². The van der Waals surface area contributed by atoms with Crippen molar-refractivity contribution in [3.63, 3.8) is 0 Å². The van der Waals surface area contributed by atoms with Gasteiger partial charge in [-0.25, -0.2) is 4.79 Å². The molecule has 4 amide bonds. The second kappa shape index (κ2) is 5.66. The fourth-order valence-electron chi connectivity index (χ4n) is 2.81. The van der Waals surface area contributed by atoms with E-state index in [4.69, 9.17) is 4.74 Å². The SMILES string of the molecule is CC1(C)CN(C(=O)c2ccc(N3CC(=O)NC3=O)cc2)CCO1. The Kier molecular flexibility index (Phi) is 3.81. The first-order valence-electron chi connectivity index (χ1n) is 7.50. The van der Waals surface area contributed by atoms with Gasteiger partial charge < -0.3 is 9.64 Å². The Morgan fingerprint density at radius 2 is 1.91 bits per heavy atom. The van der Waals surface area contributed by atoms with Crippen LogP contribution in [-0.2, 0) is 9.53 Å². The average molecular weight is 317 g/mol. The van der Waals surface area contributed by atoms with E-state index in [1.54, 1.807) is 29.2 Å². The van der Waals surface area contributed by atoms with E-state index in [0.29, 0.717) is 30.9 Å². The van der Waals surface area contributed by atoms with Crippen LogP contribution in [0.3, 0.4) is 0 Å². The summed E-state index contributed by atoms with van der Waals surface area (Å²) in [6, 6.07) is 6.27. The molecule has 0 radical (unpaired) electrons. The molecule has 0 spiro atoms. The molecule has 7 heteroatoms. The Morgan fingerprint density at radius 3 is 2.48 bits per heavy atom. The van der Waals surface area contributed by atoms with Crippen LogP contribution in [0, 0.1) is 0 Å². The molecule has 0 atom stereocenters. The Labute approximate surface area is 134 Å². The van der Waals surface area contributed by atoms with Crippen LogP contribution in [0.5, 0.6) is 0 Å². The Morgan fingerprint density at radius 1 is 1.22 bits per heavy atom. The number of benzene rings is 1. The number of urea groups is 1. The van der Waals surface area contributed by atoms with Crippen molar-refractivity contribution in [1.82, 2.24) is 10.2 Å². The first-order valence-corrected chi connectivity index (χ1v) is 7.50. The number of imide groups is 1. The Balaban J connectivity index is 1.73. The van der Waals surface area contributed by atoms with Crippen molar-refractivity contribution < 1.29 is 19.1 Å². The monoisotopic (exact) mass is 317 g/mol. The second-order valence-electron chi connectivity index (χ2n) is 6.32. The minimum Gasteiger partial charge on any atom is -0.372 e. The van der Waals surface area contributed by atoms with Gasteiger partial charge in [-0.15, -0.1) is 0 Å². The van der Waals surface area contributed by atoms with Gasteiger partial charge >= 0.3 is 6.03 Å². The van der Waals surface area contributed by atoms with Crippen molar-refractivity contribution in [2.24, 2.45) is 0 Å². The first kappa shape index (κ1) is 15.5. The minimum absolute atomic E-state index is 0.00375. The normalized spacial score (nSPS) is 20.6. The number of ether oxygens (including phenoxy) is 1. The van der Waals surface area contributed by atoms with Crippen LogP contribution in [-0.4, -0.2) is 54.6 Å². The van der Waals surface area contributed by atoms with Crippen molar-refractivity contribution in [1.29, 1.82) is 0 Å². The topological polar surface area (TPSA) is 79.0 Å². The predicted molar refractivity (Wildman–Crippen MR) is 83.3 cm³/mol. The number of anilines is 1. The van der Waals surface area contributed by atoms with Gasteiger partial charge in [0.25, 0.3) is 5.91 Å². The summed E-state index contributed by atoms with van der Waals surface area (Å²) in [5, 5.41) is 2.22. The zero-order valence-corrected chi connectivity index (χ0v) is 13.2. The molecule has 2 aliphatic heterocycles. The lowest BCUT2D eigenvalue weighted by atomic mass is 10.1. The maximum absolute atomic E-state index is 12.6. The van der Waals surface area contributed by atoms with Crippen LogP contribution in [0.2, 0.25) is 0 Å². The fourth-order valence-corrected chi connectivity index (χ4v) is 2.81. The Hall–Kier alpha value is -2.41. The quantitative estimate of drug-likeness (QED) is 0.825. The van der Waals surface area contributed by atoms with Crippen molar-refractivity contribution in [3.05, 3.63) is 29.8 Å². The maximum atomic E-state index is 12.6. The van der Waals surface area contributed by atoms with Gasteiger partial charge in [0.05, 0.1) is 12.2 Å². The molecule has 0 unspecified atom stereocenters. The van der Waals surface area contributed by atoms with E-state index in [-0.39, 0.29) is 24.0 Å². The molecule has 2 fully saturated rings. The van der Waals surface area contributed by atoms with Gasteiger partial charge in [-0.3, -0.25) is 19.8 Å². The smallest absolute Gasteiger partial charge is 0.329 e. The third kappa shape index (κ3) is 3.19. The highest BCUT2D eigenvalue weighted by Crippen LogP contribution is 2.21.